The Morgan fingerprint density at radius 1 is 1.36 bits per heavy atom. The Hall–Kier alpha value is -0.730. The van der Waals surface area contributed by atoms with E-state index in [0.717, 1.165) is 13.0 Å². The number of hydrogen-bond acceptors (Lipinski definition) is 1. The van der Waals surface area contributed by atoms with Crippen LogP contribution in [0.1, 0.15) is 48.0 Å². The zero-order valence-corrected chi connectivity index (χ0v) is 10.3. The molecule has 0 aromatic carbocycles. The molecule has 0 saturated carbocycles. The van der Waals surface area contributed by atoms with Crippen molar-refractivity contribution in [2.75, 3.05) is 6.54 Å². The number of carbonyl (C=O) groups excluding carboxylic acids is 1. The molecule has 2 amide bonds. The van der Waals surface area contributed by atoms with Crippen LogP contribution in [0.2, 0.25) is 0 Å². The van der Waals surface area contributed by atoms with Crippen molar-refractivity contribution in [2.24, 2.45) is 0 Å². The van der Waals surface area contributed by atoms with Gasteiger partial charge in [0, 0.05) is 18.1 Å². The van der Waals surface area contributed by atoms with Gasteiger partial charge in [0.2, 0.25) is 0 Å². The summed E-state index contributed by atoms with van der Waals surface area (Å²) in [5, 5.41) is 2.97. The monoisotopic (exact) mass is 200 g/mol. The van der Waals surface area contributed by atoms with E-state index in [0.29, 0.717) is 0 Å². The summed E-state index contributed by atoms with van der Waals surface area (Å²) in [6.45, 7) is 13.0. The summed E-state index contributed by atoms with van der Waals surface area (Å²) in [6, 6.07) is 0.298. The predicted molar refractivity (Wildman–Crippen MR) is 60.4 cm³/mol. The van der Waals surface area contributed by atoms with E-state index >= 15 is 0 Å². The standard InChI is InChI=1S/C11H24N2O/c1-7-8-13(9(2)3)10(14)12-11(4,5)6/h9H,7-8H2,1-6H3,(H,12,14). The van der Waals surface area contributed by atoms with Crippen LogP contribution in [0, 0.1) is 0 Å². The molecule has 0 spiro atoms. The fourth-order valence-corrected chi connectivity index (χ4v) is 1.23. The highest BCUT2D eigenvalue weighted by Crippen LogP contribution is 2.05. The minimum atomic E-state index is -0.155. The van der Waals surface area contributed by atoms with Gasteiger partial charge in [0.1, 0.15) is 0 Å². The second kappa shape index (κ2) is 5.23. The first-order valence-corrected chi connectivity index (χ1v) is 5.36. The fraction of sp³-hybridized carbons (Fsp3) is 0.909. The lowest BCUT2D eigenvalue weighted by molar-refractivity contribution is 0.174. The Kier molecular flexibility index (Phi) is 4.95. The van der Waals surface area contributed by atoms with Crippen LogP contribution in [0.5, 0.6) is 0 Å². The zero-order valence-electron chi connectivity index (χ0n) is 10.3. The van der Waals surface area contributed by atoms with E-state index in [2.05, 4.69) is 12.2 Å². The van der Waals surface area contributed by atoms with Crippen molar-refractivity contribution < 1.29 is 4.79 Å². The van der Waals surface area contributed by atoms with Gasteiger partial charge in [-0.05, 0) is 41.0 Å². The molecule has 0 aliphatic rings. The van der Waals surface area contributed by atoms with Crippen molar-refractivity contribution in [3.05, 3.63) is 0 Å². The van der Waals surface area contributed by atoms with Crippen molar-refractivity contribution in [2.45, 2.75) is 59.5 Å². The van der Waals surface area contributed by atoms with E-state index in [1.165, 1.54) is 0 Å². The maximum Gasteiger partial charge on any atom is 0.318 e. The van der Waals surface area contributed by atoms with Gasteiger partial charge in [-0.3, -0.25) is 0 Å². The molecule has 0 saturated heterocycles. The highest BCUT2D eigenvalue weighted by atomic mass is 16.2. The summed E-state index contributed by atoms with van der Waals surface area (Å²) >= 11 is 0. The molecule has 0 aromatic heterocycles. The normalized spacial score (nSPS) is 11.6. The lowest BCUT2D eigenvalue weighted by atomic mass is 10.1. The molecule has 0 aliphatic heterocycles. The number of urea groups is 1. The Morgan fingerprint density at radius 2 is 1.86 bits per heavy atom. The van der Waals surface area contributed by atoms with Crippen LogP contribution >= 0.6 is 0 Å². The Morgan fingerprint density at radius 3 is 2.14 bits per heavy atom. The summed E-state index contributed by atoms with van der Waals surface area (Å²) in [7, 11) is 0. The largest absolute Gasteiger partial charge is 0.333 e. The molecule has 0 rings (SSSR count). The van der Waals surface area contributed by atoms with Crippen LogP contribution in [0.15, 0.2) is 0 Å². The smallest absolute Gasteiger partial charge is 0.318 e. The minimum Gasteiger partial charge on any atom is -0.333 e. The van der Waals surface area contributed by atoms with E-state index in [1.807, 2.05) is 39.5 Å². The molecule has 3 nitrogen and oxygen atoms in total. The molecule has 0 bridgehead atoms. The quantitative estimate of drug-likeness (QED) is 0.746. The van der Waals surface area contributed by atoms with Crippen LogP contribution in [0.4, 0.5) is 4.79 Å². The fourth-order valence-electron chi connectivity index (χ4n) is 1.23. The van der Waals surface area contributed by atoms with Gasteiger partial charge < -0.3 is 10.2 Å². The highest BCUT2D eigenvalue weighted by Gasteiger charge is 2.20. The SMILES string of the molecule is CCCN(C(=O)NC(C)(C)C)C(C)C. The summed E-state index contributed by atoms with van der Waals surface area (Å²) in [5.74, 6) is 0. The van der Waals surface area contributed by atoms with Crippen molar-refractivity contribution in [3.8, 4) is 0 Å². The van der Waals surface area contributed by atoms with Gasteiger partial charge in [-0.1, -0.05) is 6.92 Å². The predicted octanol–water partition coefficient (Wildman–Crippen LogP) is 2.61. The van der Waals surface area contributed by atoms with Crippen LogP contribution < -0.4 is 5.32 Å². The zero-order chi connectivity index (χ0) is 11.4. The third-order valence-electron chi connectivity index (χ3n) is 1.83. The van der Waals surface area contributed by atoms with Crippen molar-refractivity contribution in [1.29, 1.82) is 0 Å². The van der Waals surface area contributed by atoms with Gasteiger partial charge in [-0.25, -0.2) is 4.79 Å². The van der Waals surface area contributed by atoms with Gasteiger partial charge in [-0.15, -0.1) is 0 Å². The molecule has 0 unspecified atom stereocenters. The van der Waals surface area contributed by atoms with E-state index in [9.17, 15) is 4.79 Å². The number of rotatable bonds is 3. The van der Waals surface area contributed by atoms with Crippen LogP contribution in [0.25, 0.3) is 0 Å². The highest BCUT2D eigenvalue weighted by molar-refractivity contribution is 5.75. The molecule has 0 radical (unpaired) electrons. The lowest BCUT2D eigenvalue weighted by Crippen LogP contribution is -2.50. The molecule has 0 aliphatic carbocycles. The average molecular weight is 200 g/mol. The summed E-state index contributed by atoms with van der Waals surface area (Å²) in [6.07, 6.45) is 0.996. The third-order valence-corrected chi connectivity index (χ3v) is 1.83. The second-order valence-corrected chi connectivity index (χ2v) is 4.97. The van der Waals surface area contributed by atoms with Gasteiger partial charge in [0.15, 0.2) is 0 Å². The molecule has 0 aromatic rings. The van der Waals surface area contributed by atoms with Gasteiger partial charge in [0.05, 0.1) is 0 Å². The molecule has 84 valence electrons. The molecular weight excluding hydrogens is 176 g/mol. The summed E-state index contributed by atoms with van der Waals surface area (Å²) < 4.78 is 0. The average Bonchev–Trinajstić information content (AvgIpc) is 1.95. The minimum absolute atomic E-state index is 0.0364. The molecule has 0 atom stereocenters. The van der Waals surface area contributed by atoms with Crippen LogP contribution in [-0.2, 0) is 0 Å². The number of amides is 2. The van der Waals surface area contributed by atoms with E-state index in [-0.39, 0.29) is 17.6 Å². The molecule has 3 heteroatoms. The van der Waals surface area contributed by atoms with Crippen LogP contribution in [0.3, 0.4) is 0 Å². The van der Waals surface area contributed by atoms with Crippen molar-refractivity contribution in [3.63, 3.8) is 0 Å². The first kappa shape index (κ1) is 13.3. The van der Waals surface area contributed by atoms with Gasteiger partial charge in [-0.2, -0.15) is 0 Å². The first-order chi connectivity index (χ1) is 6.28. The Labute approximate surface area is 87.9 Å². The van der Waals surface area contributed by atoms with E-state index in [4.69, 9.17) is 0 Å². The number of nitrogens with one attached hydrogen (secondary N) is 1. The Balaban J connectivity index is 4.30. The molecule has 14 heavy (non-hydrogen) atoms. The van der Waals surface area contributed by atoms with Gasteiger partial charge >= 0.3 is 6.03 Å². The summed E-state index contributed by atoms with van der Waals surface area (Å²) in [4.78, 5) is 13.7. The third kappa shape index (κ3) is 5.10. The lowest BCUT2D eigenvalue weighted by Gasteiger charge is -2.30. The molecule has 0 fully saturated rings. The molecule has 1 N–H and O–H groups in total. The Bertz CT molecular complexity index is 182. The maximum absolute atomic E-state index is 11.8. The number of nitrogens with zero attached hydrogens (tertiary/aromatic N) is 1. The molecule has 0 heterocycles. The van der Waals surface area contributed by atoms with E-state index < -0.39 is 0 Å². The number of carbonyl (C=O) groups is 1. The van der Waals surface area contributed by atoms with E-state index in [1.54, 1.807) is 0 Å². The maximum atomic E-state index is 11.8. The first-order valence-electron chi connectivity index (χ1n) is 5.36. The second-order valence-electron chi connectivity index (χ2n) is 4.97. The van der Waals surface area contributed by atoms with Crippen molar-refractivity contribution >= 4 is 6.03 Å². The van der Waals surface area contributed by atoms with Crippen LogP contribution in [-0.4, -0.2) is 29.1 Å². The number of hydrogen-bond donors (Lipinski definition) is 1. The summed E-state index contributed by atoms with van der Waals surface area (Å²) in [5.41, 5.74) is -0.155. The van der Waals surface area contributed by atoms with Gasteiger partial charge in [0.25, 0.3) is 0 Å². The molecular formula is C11H24N2O. The van der Waals surface area contributed by atoms with Crippen molar-refractivity contribution in [1.82, 2.24) is 10.2 Å². The topological polar surface area (TPSA) is 32.3 Å².